The SMILES string of the molecule is CCc1ccc([C@@H]2COCCN2CCCC#N)o1. The third-order valence-corrected chi connectivity index (χ3v) is 3.33. The van der Waals surface area contributed by atoms with Crippen LogP contribution in [0.3, 0.4) is 0 Å². The monoisotopic (exact) mass is 248 g/mol. The van der Waals surface area contributed by atoms with Gasteiger partial charge in [0.2, 0.25) is 0 Å². The Morgan fingerprint density at radius 1 is 1.50 bits per heavy atom. The van der Waals surface area contributed by atoms with E-state index in [2.05, 4.69) is 24.0 Å². The third kappa shape index (κ3) is 3.12. The Morgan fingerprint density at radius 3 is 3.11 bits per heavy atom. The van der Waals surface area contributed by atoms with Crippen LogP contribution in [0.2, 0.25) is 0 Å². The number of morpholine rings is 1. The lowest BCUT2D eigenvalue weighted by Gasteiger charge is -2.34. The molecule has 1 atom stereocenters. The van der Waals surface area contributed by atoms with Crippen LogP contribution < -0.4 is 0 Å². The number of rotatable bonds is 5. The molecule has 18 heavy (non-hydrogen) atoms. The fourth-order valence-corrected chi connectivity index (χ4v) is 2.29. The Bertz CT molecular complexity index is 408. The van der Waals surface area contributed by atoms with Crippen LogP contribution >= 0.6 is 0 Å². The van der Waals surface area contributed by atoms with E-state index >= 15 is 0 Å². The van der Waals surface area contributed by atoms with Crippen molar-refractivity contribution in [3.8, 4) is 6.07 Å². The summed E-state index contributed by atoms with van der Waals surface area (Å²) >= 11 is 0. The van der Waals surface area contributed by atoms with Crippen molar-refractivity contribution in [2.24, 2.45) is 0 Å². The molecule has 0 aromatic carbocycles. The third-order valence-electron chi connectivity index (χ3n) is 3.33. The van der Waals surface area contributed by atoms with Crippen molar-refractivity contribution >= 4 is 0 Å². The number of nitrogens with zero attached hydrogens (tertiary/aromatic N) is 2. The van der Waals surface area contributed by atoms with Crippen LogP contribution in [-0.4, -0.2) is 31.2 Å². The largest absolute Gasteiger partial charge is 0.464 e. The highest BCUT2D eigenvalue weighted by Gasteiger charge is 2.26. The fourth-order valence-electron chi connectivity index (χ4n) is 2.29. The fraction of sp³-hybridized carbons (Fsp3) is 0.643. The van der Waals surface area contributed by atoms with E-state index in [-0.39, 0.29) is 6.04 Å². The van der Waals surface area contributed by atoms with Gasteiger partial charge in [-0.3, -0.25) is 4.90 Å². The molecule has 0 saturated carbocycles. The number of hydrogen-bond donors (Lipinski definition) is 0. The van der Waals surface area contributed by atoms with E-state index in [1.54, 1.807) is 0 Å². The van der Waals surface area contributed by atoms with E-state index in [1.807, 2.05) is 6.07 Å². The average molecular weight is 248 g/mol. The molecule has 1 aromatic heterocycles. The van der Waals surface area contributed by atoms with Gasteiger partial charge in [0.1, 0.15) is 11.5 Å². The molecule has 2 rings (SSSR count). The summed E-state index contributed by atoms with van der Waals surface area (Å²) in [7, 11) is 0. The normalized spacial score (nSPS) is 20.8. The summed E-state index contributed by atoms with van der Waals surface area (Å²) < 4.78 is 11.4. The van der Waals surface area contributed by atoms with Gasteiger partial charge in [0.25, 0.3) is 0 Å². The molecule has 1 aliphatic heterocycles. The summed E-state index contributed by atoms with van der Waals surface area (Å²) in [4.78, 5) is 2.36. The lowest BCUT2D eigenvalue weighted by Crippen LogP contribution is -2.39. The van der Waals surface area contributed by atoms with Gasteiger partial charge in [-0.1, -0.05) is 6.92 Å². The van der Waals surface area contributed by atoms with E-state index in [1.165, 1.54) is 0 Å². The molecular weight excluding hydrogens is 228 g/mol. The van der Waals surface area contributed by atoms with Crippen molar-refractivity contribution in [3.05, 3.63) is 23.7 Å². The van der Waals surface area contributed by atoms with Gasteiger partial charge in [0, 0.05) is 25.9 Å². The van der Waals surface area contributed by atoms with Crippen LogP contribution in [0.25, 0.3) is 0 Å². The molecule has 0 N–H and O–H groups in total. The molecule has 0 amide bonds. The first-order chi connectivity index (χ1) is 8.85. The van der Waals surface area contributed by atoms with E-state index < -0.39 is 0 Å². The lowest BCUT2D eigenvalue weighted by molar-refractivity contribution is -0.0166. The van der Waals surface area contributed by atoms with Crippen molar-refractivity contribution in [1.29, 1.82) is 5.26 Å². The number of hydrogen-bond acceptors (Lipinski definition) is 4. The molecule has 4 nitrogen and oxygen atoms in total. The minimum Gasteiger partial charge on any atom is -0.464 e. The van der Waals surface area contributed by atoms with Crippen molar-refractivity contribution in [3.63, 3.8) is 0 Å². The van der Waals surface area contributed by atoms with Crippen LogP contribution in [0, 0.1) is 11.3 Å². The molecule has 2 heterocycles. The Hall–Kier alpha value is -1.31. The van der Waals surface area contributed by atoms with Crippen molar-refractivity contribution in [1.82, 2.24) is 4.90 Å². The summed E-state index contributed by atoms with van der Waals surface area (Å²) in [5, 5.41) is 8.60. The number of unbranched alkanes of at least 4 members (excludes halogenated alkanes) is 1. The molecule has 98 valence electrons. The number of aryl methyl sites for hydroxylation is 1. The topological polar surface area (TPSA) is 49.4 Å². The van der Waals surface area contributed by atoms with E-state index in [4.69, 9.17) is 14.4 Å². The van der Waals surface area contributed by atoms with Gasteiger partial charge in [-0.15, -0.1) is 0 Å². The zero-order chi connectivity index (χ0) is 12.8. The van der Waals surface area contributed by atoms with Crippen molar-refractivity contribution < 1.29 is 9.15 Å². The molecular formula is C14H20N2O2. The van der Waals surface area contributed by atoms with E-state index in [9.17, 15) is 0 Å². The molecule has 0 aliphatic carbocycles. The molecule has 0 spiro atoms. The van der Waals surface area contributed by atoms with Gasteiger partial charge in [0.15, 0.2) is 0 Å². The van der Waals surface area contributed by atoms with Gasteiger partial charge in [-0.2, -0.15) is 5.26 Å². The van der Waals surface area contributed by atoms with Gasteiger partial charge in [-0.05, 0) is 18.6 Å². The molecule has 0 bridgehead atoms. The minimum absolute atomic E-state index is 0.206. The Kier molecular flexibility index (Phi) is 4.80. The molecule has 0 radical (unpaired) electrons. The Labute approximate surface area is 108 Å². The predicted octanol–water partition coefficient (Wildman–Crippen LogP) is 2.52. The summed E-state index contributed by atoms with van der Waals surface area (Å²) in [6.45, 7) is 5.39. The van der Waals surface area contributed by atoms with Crippen LogP contribution in [0.1, 0.15) is 37.3 Å². The second-order valence-electron chi connectivity index (χ2n) is 4.55. The van der Waals surface area contributed by atoms with Crippen molar-refractivity contribution in [2.45, 2.75) is 32.2 Å². The summed E-state index contributed by atoms with van der Waals surface area (Å²) in [5.41, 5.74) is 0. The Morgan fingerprint density at radius 2 is 2.39 bits per heavy atom. The van der Waals surface area contributed by atoms with Gasteiger partial charge < -0.3 is 9.15 Å². The van der Waals surface area contributed by atoms with Gasteiger partial charge >= 0.3 is 0 Å². The van der Waals surface area contributed by atoms with Gasteiger partial charge in [-0.25, -0.2) is 0 Å². The van der Waals surface area contributed by atoms with Crippen LogP contribution in [-0.2, 0) is 11.2 Å². The summed E-state index contributed by atoms with van der Waals surface area (Å²) in [5.74, 6) is 2.01. The summed E-state index contributed by atoms with van der Waals surface area (Å²) in [6, 6.07) is 6.49. The molecule has 1 fully saturated rings. The number of furan rings is 1. The lowest BCUT2D eigenvalue weighted by atomic mass is 10.1. The first-order valence-electron chi connectivity index (χ1n) is 6.62. The highest BCUT2D eigenvalue weighted by Crippen LogP contribution is 2.26. The molecule has 0 unspecified atom stereocenters. The van der Waals surface area contributed by atoms with E-state index in [0.717, 1.165) is 44.1 Å². The second-order valence-corrected chi connectivity index (χ2v) is 4.55. The maximum Gasteiger partial charge on any atom is 0.123 e. The van der Waals surface area contributed by atoms with Crippen LogP contribution in [0.5, 0.6) is 0 Å². The molecule has 4 heteroatoms. The van der Waals surface area contributed by atoms with Crippen LogP contribution in [0.15, 0.2) is 16.5 Å². The first-order valence-corrected chi connectivity index (χ1v) is 6.62. The zero-order valence-corrected chi connectivity index (χ0v) is 10.9. The standard InChI is InChI=1S/C14H20N2O2/c1-2-12-5-6-14(18-12)13-11-17-10-9-16(13)8-4-3-7-15/h5-6,13H,2-4,8-11H2,1H3/t13-/m0/s1. The highest BCUT2D eigenvalue weighted by atomic mass is 16.5. The second kappa shape index (κ2) is 6.58. The average Bonchev–Trinajstić information content (AvgIpc) is 2.88. The van der Waals surface area contributed by atoms with Crippen LogP contribution in [0.4, 0.5) is 0 Å². The zero-order valence-electron chi connectivity index (χ0n) is 10.9. The van der Waals surface area contributed by atoms with Crippen molar-refractivity contribution in [2.75, 3.05) is 26.3 Å². The predicted molar refractivity (Wildman–Crippen MR) is 68.1 cm³/mol. The first kappa shape index (κ1) is 13.1. The maximum absolute atomic E-state index is 8.60. The quantitative estimate of drug-likeness (QED) is 0.751. The number of nitriles is 1. The van der Waals surface area contributed by atoms with Gasteiger partial charge in [0.05, 0.1) is 25.3 Å². The molecule has 1 saturated heterocycles. The smallest absolute Gasteiger partial charge is 0.123 e. The summed E-state index contributed by atoms with van der Waals surface area (Å²) in [6.07, 6.45) is 2.44. The molecule has 1 aliphatic rings. The Balaban J connectivity index is 2.00. The maximum atomic E-state index is 8.60. The van der Waals surface area contributed by atoms with E-state index in [0.29, 0.717) is 13.0 Å². The number of ether oxygens (including phenoxy) is 1. The minimum atomic E-state index is 0.206. The molecule has 1 aromatic rings. The highest BCUT2D eigenvalue weighted by molar-refractivity contribution is 5.11.